The maximum atomic E-state index is 13.0. The summed E-state index contributed by atoms with van der Waals surface area (Å²) in [5.74, 6) is -0.0816. The molecule has 32 heavy (non-hydrogen) atoms. The van der Waals surface area contributed by atoms with Crippen molar-refractivity contribution in [2.24, 2.45) is 5.41 Å². The van der Waals surface area contributed by atoms with Crippen LogP contribution < -0.4 is 5.32 Å². The summed E-state index contributed by atoms with van der Waals surface area (Å²) in [6.07, 6.45) is 3.36. The Morgan fingerprint density at radius 2 is 1.84 bits per heavy atom. The van der Waals surface area contributed by atoms with Crippen LogP contribution in [0.15, 0.2) is 24.3 Å². The number of aliphatic hydroxyl groups excluding tert-OH is 1. The lowest BCUT2D eigenvalue weighted by Crippen LogP contribution is -2.45. The molecule has 1 unspecified atom stereocenters. The monoisotopic (exact) mass is 447 g/mol. The molecular formula is C23H33N3O6. The van der Waals surface area contributed by atoms with Gasteiger partial charge in [0.1, 0.15) is 6.10 Å². The van der Waals surface area contributed by atoms with Crippen LogP contribution in [0.4, 0.5) is 5.69 Å². The Kier molecular flexibility index (Phi) is 8.09. The summed E-state index contributed by atoms with van der Waals surface area (Å²) in [7, 11) is 1.81. The normalized spacial score (nSPS) is 23.2. The van der Waals surface area contributed by atoms with E-state index >= 15 is 0 Å². The van der Waals surface area contributed by atoms with E-state index in [-0.39, 0.29) is 30.6 Å². The molecule has 3 aliphatic rings. The maximum absolute atomic E-state index is 13.0. The molecule has 176 valence electrons. The highest BCUT2D eigenvalue weighted by Gasteiger charge is 2.51. The second kappa shape index (κ2) is 10.8. The molecule has 0 radical (unpaired) electrons. The molecule has 9 nitrogen and oxygen atoms in total. The second-order valence-corrected chi connectivity index (χ2v) is 8.74. The van der Waals surface area contributed by atoms with Gasteiger partial charge in [0, 0.05) is 51.9 Å². The number of anilines is 1. The van der Waals surface area contributed by atoms with Gasteiger partial charge in [-0.15, -0.1) is 0 Å². The van der Waals surface area contributed by atoms with Crippen molar-refractivity contribution >= 4 is 24.0 Å². The molecule has 0 aliphatic carbocycles. The minimum absolute atomic E-state index is 0.0135. The number of carbonyl (C=O) groups is 3. The van der Waals surface area contributed by atoms with Crippen molar-refractivity contribution in [3.8, 4) is 0 Å². The Balaban J connectivity index is 0.000000913. The molecule has 0 aromatic heterocycles. The molecule has 1 amide bonds. The van der Waals surface area contributed by atoms with Gasteiger partial charge in [-0.3, -0.25) is 19.3 Å². The van der Waals surface area contributed by atoms with Crippen LogP contribution in [0.3, 0.4) is 0 Å². The van der Waals surface area contributed by atoms with Crippen molar-refractivity contribution in [1.29, 1.82) is 0 Å². The van der Waals surface area contributed by atoms with E-state index < -0.39 is 5.41 Å². The molecule has 0 saturated carbocycles. The smallest absolute Gasteiger partial charge is 0.312 e. The number of rotatable bonds is 4. The Morgan fingerprint density at radius 1 is 1.22 bits per heavy atom. The summed E-state index contributed by atoms with van der Waals surface area (Å²) < 4.78 is 5.74. The standard InChI is InChI=1S/C22H31N3O4.CH2O2/c1-23-19-5-3-2-4-18(19)20(27)25-12-8-22(9-13-25)14-17(29-21(22)28)15-24-10-6-16(26)7-11-24;2-1-3/h2-5,16-17,23,26H,6-15H2,1H3;1H,(H,2,3). The van der Waals surface area contributed by atoms with Gasteiger partial charge in [0.25, 0.3) is 12.4 Å². The third kappa shape index (κ3) is 5.39. The highest BCUT2D eigenvalue weighted by Crippen LogP contribution is 2.43. The van der Waals surface area contributed by atoms with Gasteiger partial charge in [0.15, 0.2) is 0 Å². The van der Waals surface area contributed by atoms with Gasteiger partial charge in [0.05, 0.1) is 17.1 Å². The molecule has 1 atom stereocenters. The number of ether oxygens (including phenoxy) is 1. The van der Waals surface area contributed by atoms with Gasteiger partial charge >= 0.3 is 5.97 Å². The van der Waals surface area contributed by atoms with E-state index in [1.165, 1.54) is 0 Å². The van der Waals surface area contributed by atoms with E-state index in [1.807, 2.05) is 36.2 Å². The zero-order valence-corrected chi connectivity index (χ0v) is 18.5. The highest BCUT2D eigenvalue weighted by atomic mass is 16.6. The van der Waals surface area contributed by atoms with Gasteiger partial charge in [-0.1, -0.05) is 12.1 Å². The number of carbonyl (C=O) groups excluding carboxylic acids is 2. The summed E-state index contributed by atoms with van der Waals surface area (Å²) in [6.45, 7) is 3.37. The summed E-state index contributed by atoms with van der Waals surface area (Å²) >= 11 is 0. The number of carboxylic acid groups (broad SMARTS) is 1. The van der Waals surface area contributed by atoms with E-state index in [0.717, 1.165) is 44.6 Å². The first-order chi connectivity index (χ1) is 15.4. The highest BCUT2D eigenvalue weighted by molar-refractivity contribution is 5.99. The SMILES string of the molecule is CNc1ccccc1C(=O)N1CCC2(CC1)CC(CN1CCC(O)CC1)OC2=O.O=CO. The van der Waals surface area contributed by atoms with E-state index in [0.29, 0.717) is 31.5 Å². The average Bonchev–Trinajstić information content (AvgIpc) is 3.10. The third-order valence-electron chi connectivity index (χ3n) is 6.78. The summed E-state index contributed by atoms with van der Waals surface area (Å²) in [5, 5.41) is 19.6. The summed E-state index contributed by atoms with van der Waals surface area (Å²) in [6, 6.07) is 7.52. The lowest BCUT2D eigenvalue weighted by atomic mass is 9.76. The first-order valence-electron chi connectivity index (χ1n) is 11.2. The number of piperidine rings is 2. The van der Waals surface area contributed by atoms with E-state index in [1.54, 1.807) is 0 Å². The van der Waals surface area contributed by atoms with Crippen molar-refractivity contribution in [1.82, 2.24) is 9.80 Å². The molecule has 3 aliphatic heterocycles. The van der Waals surface area contributed by atoms with Crippen LogP contribution in [-0.2, 0) is 14.3 Å². The number of hydrogen-bond donors (Lipinski definition) is 3. The molecule has 1 spiro atoms. The Labute approximate surface area is 188 Å². The molecule has 1 aromatic carbocycles. The molecule has 9 heteroatoms. The Bertz CT molecular complexity index is 801. The zero-order chi connectivity index (χ0) is 23.1. The molecule has 3 fully saturated rings. The molecule has 0 bridgehead atoms. The number of hydrogen-bond acceptors (Lipinski definition) is 7. The van der Waals surface area contributed by atoms with Gasteiger partial charge in [-0.25, -0.2) is 0 Å². The number of aliphatic hydroxyl groups is 1. The van der Waals surface area contributed by atoms with Gasteiger partial charge in [0.2, 0.25) is 0 Å². The first-order valence-corrected chi connectivity index (χ1v) is 11.2. The third-order valence-corrected chi connectivity index (χ3v) is 6.78. The molecule has 3 heterocycles. The fourth-order valence-electron chi connectivity index (χ4n) is 4.93. The number of benzene rings is 1. The Morgan fingerprint density at radius 3 is 2.47 bits per heavy atom. The molecule has 3 N–H and O–H groups in total. The quantitative estimate of drug-likeness (QED) is 0.468. The van der Waals surface area contributed by atoms with Gasteiger partial charge in [-0.2, -0.15) is 0 Å². The summed E-state index contributed by atoms with van der Waals surface area (Å²) in [5.41, 5.74) is 1.05. The van der Waals surface area contributed by atoms with Crippen LogP contribution >= 0.6 is 0 Å². The van der Waals surface area contributed by atoms with Crippen molar-refractivity contribution in [3.05, 3.63) is 29.8 Å². The minimum Gasteiger partial charge on any atom is -0.483 e. The molecular weight excluding hydrogens is 414 g/mol. The molecule has 4 rings (SSSR count). The fraction of sp³-hybridized carbons (Fsp3) is 0.609. The second-order valence-electron chi connectivity index (χ2n) is 8.74. The number of esters is 1. The predicted octanol–water partition coefficient (Wildman–Crippen LogP) is 1.42. The van der Waals surface area contributed by atoms with Crippen LogP contribution in [-0.4, -0.2) is 90.3 Å². The number of likely N-dealkylation sites (tertiary alicyclic amines) is 2. The van der Waals surface area contributed by atoms with E-state index in [2.05, 4.69) is 10.2 Å². The predicted molar refractivity (Wildman–Crippen MR) is 118 cm³/mol. The topological polar surface area (TPSA) is 119 Å². The lowest BCUT2D eigenvalue weighted by molar-refractivity contribution is -0.151. The largest absolute Gasteiger partial charge is 0.483 e. The molecule has 1 aromatic rings. The van der Waals surface area contributed by atoms with E-state index in [4.69, 9.17) is 14.6 Å². The van der Waals surface area contributed by atoms with Crippen molar-refractivity contribution in [3.63, 3.8) is 0 Å². The fourth-order valence-corrected chi connectivity index (χ4v) is 4.93. The number of para-hydroxylation sites is 1. The Hall–Kier alpha value is -2.65. The van der Waals surface area contributed by atoms with Crippen molar-refractivity contribution < 1.29 is 29.3 Å². The minimum atomic E-state index is -0.445. The average molecular weight is 448 g/mol. The number of nitrogens with one attached hydrogen (secondary N) is 1. The van der Waals surface area contributed by atoms with Gasteiger partial charge in [-0.05, 0) is 37.8 Å². The number of cyclic esters (lactones) is 1. The van der Waals surface area contributed by atoms with Crippen molar-refractivity contribution in [2.45, 2.75) is 44.3 Å². The van der Waals surface area contributed by atoms with Crippen molar-refractivity contribution in [2.75, 3.05) is 45.1 Å². The van der Waals surface area contributed by atoms with Crippen LogP contribution in [0.2, 0.25) is 0 Å². The molecule has 3 saturated heterocycles. The van der Waals surface area contributed by atoms with Crippen LogP contribution in [0.1, 0.15) is 42.5 Å². The maximum Gasteiger partial charge on any atom is 0.312 e. The number of nitrogens with zero attached hydrogens (tertiary/aromatic N) is 2. The zero-order valence-electron chi connectivity index (χ0n) is 18.5. The number of amides is 1. The van der Waals surface area contributed by atoms with Crippen LogP contribution in [0.5, 0.6) is 0 Å². The first kappa shape index (κ1) is 24.0. The van der Waals surface area contributed by atoms with Gasteiger partial charge < -0.3 is 25.2 Å². The van der Waals surface area contributed by atoms with E-state index in [9.17, 15) is 14.7 Å². The lowest BCUT2D eigenvalue weighted by Gasteiger charge is -2.37. The summed E-state index contributed by atoms with van der Waals surface area (Å²) in [4.78, 5) is 38.2. The van der Waals surface area contributed by atoms with Crippen LogP contribution in [0.25, 0.3) is 0 Å². The van der Waals surface area contributed by atoms with Crippen LogP contribution in [0, 0.1) is 5.41 Å².